The van der Waals surface area contributed by atoms with Crippen LogP contribution in [0, 0.1) is 11.3 Å². The second-order valence-corrected chi connectivity index (χ2v) is 15.5. The monoisotopic (exact) mass is 758 g/mol. The smallest absolute Gasteiger partial charge is 0.425 e. The second kappa shape index (κ2) is 16.0. The van der Waals surface area contributed by atoms with E-state index in [9.17, 15) is 24.4 Å². The van der Waals surface area contributed by atoms with Crippen LogP contribution in [0.25, 0.3) is 34.3 Å². The average Bonchev–Trinajstić information content (AvgIpc) is 3.56. The molecule has 1 aromatic carbocycles. The quantitative estimate of drug-likeness (QED) is 0.164. The van der Waals surface area contributed by atoms with Gasteiger partial charge in [-0.1, -0.05) is 6.07 Å². The Bertz CT molecular complexity index is 2140. The van der Waals surface area contributed by atoms with E-state index >= 15 is 0 Å². The second-order valence-electron chi connectivity index (χ2n) is 15.5. The number of hydrogen-bond acceptors (Lipinski definition) is 14. The summed E-state index contributed by atoms with van der Waals surface area (Å²) in [5.41, 5.74) is -1.72. The van der Waals surface area contributed by atoms with Crippen LogP contribution in [0.4, 0.5) is 20.2 Å². The molecule has 17 nitrogen and oxygen atoms in total. The van der Waals surface area contributed by atoms with Gasteiger partial charge in [0, 0.05) is 31.4 Å². The number of benzene rings is 1. The standard InChI is InChI=1S/C38H46N8O9/c1-22(18-39)45-21-24(14-16-28(45)47)26-19-40-30(46(34(49)54-37(5,6)7)35(50)55-38(8,9)10)29(41-26)32-43-42-31(52-32)25-15-13-23(17-27(25)51-12)20-44(11)33(48)53-36(2,3)4/h13-17,19,21-22H,20H2,1-12H3. The van der Waals surface area contributed by atoms with Crippen molar-refractivity contribution in [3.8, 4) is 46.1 Å². The summed E-state index contributed by atoms with van der Waals surface area (Å²) in [6, 6.07) is 9.12. The minimum absolute atomic E-state index is 0.0190. The van der Waals surface area contributed by atoms with Crippen LogP contribution in [-0.2, 0) is 20.8 Å². The van der Waals surface area contributed by atoms with Gasteiger partial charge in [-0.2, -0.15) is 10.2 Å². The Morgan fingerprint density at radius 1 is 0.891 bits per heavy atom. The zero-order valence-electron chi connectivity index (χ0n) is 33.1. The summed E-state index contributed by atoms with van der Waals surface area (Å²) in [5, 5.41) is 17.9. The summed E-state index contributed by atoms with van der Waals surface area (Å²) in [7, 11) is 3.07. The number of carbonyl (C=O) groups is 3. The fraction of sp³-hybridized carbons (Fsp3) is 0.447. The van der Waals surface area contributed by atoms with Gasteiger partial charge in [0.1, 0.15) is 28.6 Å². The maximum atomic E-state index is 13.7. The van der Waals surface area contributed by atoms with Gasteiger partial charge in [-0.05, 0) is 93.0 Å². The molecule has 0 aliphatic rings. The lowest BCUT2D eigenvalue weighted by atomic mass is 10.1. The number of anilines is 1. The molecule has 3 heterocycles. The number of methoxy groups -OCH3 is 1. The van der Waals surface area contributed by atoms with Gasteiger partial charge in [-0.15, -0.1) is 10.2 Å². The van der Waals surface area contributed by atoms with Gasteiger partial charge in [0.25, 0.3) is 17.3 Å². The Balaban J connectivity index is 1.87. The van der Waals surface area contributed by atoms with E-state index < -0.39 is 46.7 Å². The average molecular weight is 759 g/mol. The molecule has 3 aromatic heterocycles. The molecule has 1 atom stereocenters. The third kappa shape index (κ3) is 10.6. The lowest BCUT2D eigenvalue weighted by Gasteiger charge is -2.28. The van der Waals surface area contributed by atoms with Crippen LogP contribution < -0.4 is 15.2 Å². The van der Waals surface area contributed by atoms with Crippen molar-refractivity contribution >= 4 is 24.1 Å². The topological polar surface area (TPSA) is 205 Å². The van der Waals surface area contributed by atoms with E-state index in [-0.39, 0.29) is 35.5 Å². The molecule has 3 amide bonds. The first kappa shape index (κ1) is 41.4. The summed E-state index contributed by atoms with van der Waals surface area (Å²) in [4.78, 5) is 63.7. The molecule has 292 valence electrons. The lowest BCUT2D eigenvalue weighted by molar-refractivity contribution is 0.0283. The van der Waals surface area contributed by atoms with E-state index in [4.69, 9.17) is 28.3 Å². The molecule has 4 aromatic rings. The fourth-order valence-electron chi connectivity index (χ4n) is 4.83. The summed E-state index contributed by atoms with van der Waals surface area (Å²) >= 11 is 0. The highest BCUT2D eigenvalue weighted by molar-refractivity contribution is 6.10. The van der Waals surface area contributed by atoms with Crippen molar-refractivity contribution in [1.29, 1.82) is 5.26 Å². The normalized spacial score (nSPS) is 12.3. The van der Waals surface area contributed by atoms with Crippen molar-refractivity contribution in [1.82, 2.24) is 29.6 Å². The Morgan fingerprint density at radius 3 is 2.04 bits per heavy atom. The zero-order chi connectivity index (χ0) is 41.0. The van der Waals surface area contributed by atoms with Crippen molar-refractivity contribution in [3.63, 3.8) is 0 Å². The summed E-state index contributed by atoms with van der Waals surface area (Å²) in [6.07, 6.45) is -0.0181. The van der Waals surface area contributed by atoms with Crippen molar-refractivity contribution in [2.75, 3.05) is 19.1 Å². The van der Waals surface area contributed by atoms with Crippen LogP contribution >= 0.6 is 0 Å². The molecule has 4 rings (SSSR count). The first-order chi connectivity index (χ1) is 25.5. The molecule has 0 N–H and O–H groups in total. The molecular formula is C38H46N8O9. The van der Waals surface area contributed by atoms with Gasteiger partial charge in [0.05, 0.1) is 30.6 Å². The van der Waals surface area contributed by atoms with E-state index in [0.717, 1.165) is 0 Å². The summed E-state index contributed by atoms with van der Waals surface area (Å²) in [5.74, 6) is -0.294. The number of carbonyl (C=O) groups excluding carboxylic acids is 3. The summed E-state index contributed by atoms with van der Waals surface area (Å²) in [6.45, 7) is 16.9. The molecular weight excluding hydrogens is 712 g/mol. The number of nitriles is 1. The van der Waals surface area contributed by atoms with Gasteiger partial charge < -0.3 is 28.3 Å². The molecule has 0 radical (unpaired) electrons. The minimum Gasteiger partial charge on any atom is -0.496 e. The molecule has 0 spiro atoms. The molecule has 0 aliphatic carbocycles. The van der Waals surface area contributed by atoms with Gasteiger partial charge in [0.15, 0.2) is 11.5 Å². The zero-order valence-corrected chi connectivity index (χ0v) is 33.1. The van der Waals surface area contributed by atoms with Crippen molar-refractivity contribution in [3.05, 3.63) is 58.6 Å². The summed E-state index contributed by atoms with van der Waals surface area (Å²) < 4.78 is 29.6. The minimum atomic E-state index is -1.12. The van der Waals surface area contributed by atoms with Gasteiger partial charge >= 0.3 is 18.3 Å². The highest BCUT2D eigenvalue weighted by Gasteiger charge is 2.37. The highest BCUT2D eigenvalue weighted by atomic mass is 16.6. The molecule has 0 aliphatic heterocycles. The fourth-order valence-corrected chi connectivity index (χ4v) is 4.83. The maximum Gasteiger partial charge on any atom is 0.425 e. The van der Waals surface area contributed by atoms with Crippen LogP contribution in [0.3, 0.4) is 0 Å². The van der Waals surface area contributed by atoms with Crippen molar-refractivity contribution in [2.45, 2.75) is 98.6 Å². The van der Waals surface area contributed by atoms with Gasteiger partial charge in [-0.25, -0.2) is 24.4 Å². The third-order valence-electron chi connectivity index (χ3n) is 7.20. The molecule has 0 fully saturated rings. The van der Waals surface area contributed by atoms with Crippen LogP contribution in [0.15, 0.2) is 51.9 Å². The SMILES string of the molecule is COc1cc(CN(C)C(=O)OC(C)(C)C)ccc1-c1nnc(-c2nc(-c3ccc(=O)n(C(C)C#N)c3)cnc2N(C(=O)OC(C)(C)C)C(=O)OC(C)(C)C)o1. The number of nitrogens with zero attached hydrogens (tertiary/aromatic N) is 8. The molecule has 1 unspecified atom stereocenters. The largest absolute Gasteiger partial charge is 0.496 e. The highest BCUT2D eigenvalue weighted by Crippen LogP contribution is 2.36. The Hall–Kier alpha value is -6.31. The van der Waals surface area contributed by atoms with E-state index in [0.29, 0.717) is 27.3 Å². The van der Waals surface area contributed by atoms with Gasteiger partial charge in [0.2, 0.25) is 0 Å². The Kier molecular flexibility index (Phi) is 12.0. The predicted octanol–water partition coefficient (Wildman–Crippen LogP) is 7.16. The molecule has 0 saturated carbocycles. The van der Waals surface area contributed by atoms with Crippen molar-refractivity contribution in [2.24, 2.45) is 0 Å². The number of hydrogen-bond donors (Lipinski definition) is 0. The van der Waals surface area contributed by atoms with Crippen LogP contribution in [0.5, 0.6) is 5.75 Å². The number of amides is 3. The molecule has 0 bridgehead atoms. The van der Waals surface area contributed by atoms with Crippen molar-refractivity contribution < 1.29 is 37.7 Å². The number of pyridine rings is 1. The first-order valence-electron chi connectivity index (χ1n) is 17.2. The van der Waals surface area contributed by atoms with E-state index in [1.165, 1.54) is 41.1 Å². The number of rotatable bonds is 8. The van der Waals surface area contributed by atoms with E-state index in [2.05, 4.69) is 15.2 Å². The number of imide groups is 1. The van der Waals surface area contributed by atoms with E-state index in [1.54, 1.807) is 94.5 Å². The maximum absolute atomic E-state index is 13.7. The lowest BCUT2D eigenvalue weighted by Crippen LogP contribution is -2.44. The van der Waals surface area contributed by atoms with Crippen LogP contribution in [0.2, 0.25) is 0 Å². The first-order valence-corrected chi connectivity index (χ1v) is 17.2. The molecule has 17 heteroatoms. The number of aromatic nitrogens is 5. The Morgan fingerprint density at radius 2 is 1.47 bits per heavy atom. The predicted molar refractivity (Wildman–Crippen MR) is 200 cm³/mol. The molecule has 0 saturated heterocycles. The number of ether oxygens (including phenoxy) is 4. The van der Waals surface area contributed by atoms with E-state index in [1.807, 2.05) is 6.07 Å². The van der Waals surface area contributed by atoms with Crippen LogP contribution in [0.1, 0.15) is 80.8 Å². The van der Waals surface area contributed by atoms with Gasteiger partial charge in [-0.3, -0.25) is 9.36 Å². The van der Waals surface area contributed by atoms with Crippen LogP contribution in [-0.4, -0.2) is 78.9 Å². The third-order valence-corrected chi connectivity index (χ3v) is 7.20. The molecule has 55 heavy (non-hydrogen) atoms. The Labute approximate surface area is 318 Å².